The Labute approximate surface area is 107 Å². The topological polar surface area (TPSA) is 27.7 Å². The number of hydrogen-bond acceptors (Lipinski definition) is 3. The van der Waals surface area contributed by atoms with Gasteiger partial charge in [-0.1, -0.05) is 39.0 Å². The molecule has 0 saturated heterocycles. The third kappa shape index (κ3) is 3.42. The van der Waals surface area contributed by atoms with E-state index >= 15 is 0 Å². The quantitative estimate of drug-likeness (QED) is 0.452. The van der Waals surface area contributed by atoms with Crippen molar-refractivity contribution in [1.29, 1.82) is 0 Å². The first-order valence-corrected chi connectivity index (χ1v) is 6.55. The zero-order valence-electron chi connectivity index (χ0n) is 11.5. The lowest BCUT2D eigenvalue weighted by molar-refractivity contribution is -0.113. The van der Waals surface area contributed by atoms with Crippen molar-refractivity contribution in [2.45, 2.75) is 33.1 Å². The maximum absolute atomic E-state index is 5.30. The molecule has 0 radical (unpaired) electrons. The molecule has 17 heavy (non-hydrogen) atoms. The Morgan fingerprint density at radius 2 is 1.88 bits per heavy atom. The van der Waals surface area contributed by atoms with Crippen molar-refractivity contribution in [1.82, 2.24) is 0 Å². The monoisotopic (exact) mass is 252 g/mol. The lowest BCUT2D eigenvalue weighted by Gasteiger charge is -2.24. The standard InChI is InChI=1S/C12H21BO3Si/c1-9-10(12(2,3)4)7-6-8-11(9)13(14-5)15-16-17/h6-8H,1-5,17H3. The minimum absolute atomic E-state index is 0.111. The summed E-state index contributed by atoms with van der Waals surface area (Å²) in [5, 5.41) is 0. The van der Waals surface area contributed by atoms with Gasteiger partial charge < -0.3 is 9.23 Å². The largest absolute Gasteiger partial charge is 0.523 e. The second-order valence-corrected chi connectivity index (χ2v) is 5.43. The zero-order chi connectivity index (χ0) is 13.1. The highest BCUT2D eigenvalue weighted by Crippen LogP contribution is 2.24. The van der Waals surface area contributed by atoms with E-state index in [1.807, 2.05) is 12.1 Å². The predicted molar refractivity (Wildman–Crippen MR) is 74.4 cm³/mol. The van der Waals surface area contributed by atoms with Gasteiger partial charge in [-0.05, 0) is 28.9 Å². The molecule has 0 N–H and O–H groups in total. The van der Waals surface area contributed by atoms with Crippen molar-refractivity contribution < 1.29 is 14.0 Å². The van der Waals surface area contributed by atoms with Gasteiger partial charge in [0.15, 0.2) is 10.5 Å². The van der Waals surface area contributed by atoms with Crippen LogP contribution in [0.4, 0.5) is 0 Å². The van der Waals surface area contributed by atoms with Crippen LogP contribution in [0, 0.1) is 6.92 Å². The molecule has 3 nitrogen and oxygen atoms in total. The Morgan fingerprint density at radius 1 is 1.24 bits per heavy atom. The molecule has 1 rings (SSSR count). The number of benzene rings is 1. The van der Waals surface area contributed by atoms with Crippen molar-refractivity contribution in [2.75, 3.05) is 7.11 Å². The first-order chi connectivity index (χ1) is 7.91. The van der Waals surface area contributed by atoms with Crippen LogP contribution in [0.1, 0.15) is 31.9 Å². The third-order valence-corrected chi connectivity index (χ3v) is 3.03. The molecule has 1 aromatic rings. The van der Waals surface area contributed by atoms with E-state index in [1.54, 1.807) is 7.11 Å². The van der Waals surface area contributed by atoms with Gasteiger partial charge >= 0.3 is 7.12 Å². The highest BCUT2D eigenvalue weighted by Gasteiger charge is 2.26. The van der Waals surface area contributed by atoms with Crippen LogP contribution in [0.5, 0.6) is 0 Å². The number of rotatable bonds is 4. The van der Waals surface area contributed by atoms with Gasteiger partial charge in [0.2, 0.25) is 0 Å². The molecule has 94 valence electrons. The second kappa shape index (κ2) is 5.82. The van der Waals surface area contributed by atoms with E-state index in [0.717, 1.165) is 5.46 Å². The Hall–Kier alpha value is -0.618. The lowest BCUT2D eigenvalue weighted by atomic mass is 9.72. The predicted octanol–water partition coefficient (Wildman–Crippen LogP) is 0.863. The van der Waals surface area contributed by atoms with Gasteiger partial charge in [0.05, 0.1) is 0 Å². The van der Waals surface area contributed by atoms with Crippen molar-refractivity contribution in [3.05, 3.63) is 29.3 Å². The van der Waals surface area contributed by atoms with Gasteiger partial charge in [-0.2, -0.15) is 0 Å². The third-order valence-electron chi connectivity index (χ3n) is 2.84. The summed E-state index contributed by atoms with van der Waals surface area (Å²) in [5.74, 6) is 0. The Balaban J connectivity index is 3.17. The molecule has 0 aliphatic rings. The van der Waals surface area contributed by atoms with Gasteiger partial charge in [-0.25, -0.2) is 0 Å². The van der Waals surface area contributed by atoms with Crippen LogP contribution in [-0.4, -0.2) is 24.7 Å². The van der Waals surface area contributed by atoms with Gasteiger partial charge in [-0.3, -0.25) is 4.81 Å². The Bertz CT molecular complexity index is 377. The summed E-state index contributed by atoms with van der Waals surface area (Å²) in [5.41, 5.74) is 3.63. The highest BCUT2D eigenvalue weighted by molar-refractivity contribution is 6.61. The van der Waals surface area contributed by atoms with E-state index in [9.17, 15) is 0 Å². The van der Waals surface area contributed by atoms with Crippen LogP contribution in [0.15, 0.2) is 18.2 Å². The van der Waals surface area contributed by atoms with Crippen LogP contribution in [-0.2, 0) is 19.5 Å². The Kier molecular flexibility index (Phi) is 4.94. The van der Waals surface area contributed by atoms with Crippen molar-refractivity contribution in [3.8, 4) is 0 Å². The maximum atomic E-state index is 5.30. The average molecular weight is 252 g/mol. The van der Waals surface area contributed by atoms with Crippen LogP contribution in [0.2, 0.25) is 0 Å². The van der Waals surface area contributed by atoms with Gasteiger partial charge in [-0.15, -0.1) is 0 Å². The zero-order valence-corrected chi connectivity index (χ0v) is 13.5. The lowest BCUT2D eigenvalue weighted by Crippen LogP contribution is -2.38. The summed E-state index contributed by atoms with van der Waals surface area (Å²) in [6.07, 6.45) is 0. The van der Waals surface area contributed by atoms with E-state index in [2.05, 4.69) is 33.8 Å². The summed E-state index contributed by atoms with van der Waals surface area (Å²) >= 11 is 0. The van der Waals surface area contributed by atoms with Gasteiger partial charge in [0.1, 0.15) is 0 Å². The average Bonchev–Trinajstić information content (AvgIpc) is 2.25. The molecule has 0 unspecified atom stereocenters. The van der Waals surface area contributed by atoms with E-state index in [0.29, 0.717) is 10.5 Å². The molecular weight excluding hydrogens is 231 g/mol. The molecule has 0 amide bonds. The van der Waals surface area contributed by atoms with Crippen LogP contribution < -0.4 is 5.46 Å². The summed E-state index contributed by atoms with van der Waals surface area (Å²) in [6, 6.07) is 6.19. The van der Waals surface area contributed by atoms with E-state index in [-0.39, 0.29) is 5.41 Å². The second-order valence-electron chi connectivity index (χ2n) is 5.10. The molecule has 0 aliphatic heterocycles. The van der Waals surface area contributed by atoms with E-state index < -0.39 is 7.12 Å². The number of hydrogen-bond donors (Lipinski definition) is 0. The normalized spacial score (nSPS) is 11.8. The fourth-order valence-corrected chi connectivity index (χ4v) is 2.20. The summed E-state index contributed by atoms with van der Waals surface area (Å²) in [6.45, 7) is 8.69. The molecule has 0 aliphatic carbocycles. The van der Waals surface area contributed by atoms with Gasteiger partial charge in [0, 0.05) is 7.11 Å². The Morgan fingerprint density at radius 3 is 2.35 bits per heavy atom. The van der Waals surface area contributed by atoms with Gasteiger partial charge in [0.25, 0.3) is 0 Å². The van der Waals surface area contributed by atoms with Crippen molar-refractivity contribution in [2.24, 2.45) is 0 Å². The van der Waals surface area contributed by atoms with Crippen molar-refractivity contribution >= 4 is 23.1 Å². The maximum Gasteiger partial charge on any atom is 0.523 e. The molecule has 0 atom stereocenters. The molecule has 0 heterocycles. The summed E-state index contributed by atoms with van der Waals surface area (Å²) in [4.78, 5) is 5.17. The van der Waals surface area contributed by atoms with Crippen molar-refractivity contribution in [3.63, 3.8) is 0 Å². The molecule has 0 saturated carbocycles. The fourth-order valence-electron chi connectivity index (χ4n) is 2.03. The summed E-state index contributed by atoms with van der Waals surface area (Å²) < 4.78 is 10.1. The van der Waals surface area contributed by atoms with Crippen LogP contribution in [0.25, 0.3) is 0 Å². The molecule has 1 aromatic carbocycles. The molecular formula is C12H21BO3Si. The first kappa shape index (κ1) is 14.4. The van der Waals surface area contributed by atoms with E-state index in [1.165, 1.54) is 11.1 Å². The minimum Gasteiger partial charge on any atom is -0.409 e. The highest BCUT2D eigenvalue weighted by atomic mass is 28.2. The molecule has 0 aromatic heterocycles. The SMILES string of the molecule is COB(OO[SiH3])c1cccc(C(C)(C)C)c1C. The molecule has 0 bridgehead atoms. The fraction of sp³-hybridized carbons (Fsp3) is 0.500. The van der Waals surface area contributed by atoms with E-state index in [4.69, 9.17) is 14.0 Å². The van der Waals surface area contributed by atoms with Crippen LogP contribution in [0.3, 0.4) is 0 Å². The smallest absolute Gasteiger partial charge is 0.409 e. The minimum atomic E-state index is -0.449. The summed E-state index contributed by atoms with van der Waals surface area (Å²) in [7, 11) is 1.70. The molecule has 0 spiro atoms. The van der Waals surface area contributed by atoms with Crippen LogP contribution >= 0.6 is 0 Å². The first-order valence-electron chi connectivity index (χ1n) is 5.74. The molecule has 5 heteroatoms. The molecule has 0 fully saturated rings.